The van der Waals surface area contributed by atoms with Crippen molar-refractivity contribution in [3.8, 4) is 23.1 Å². The molecule has 0 aliphatic carbocycles. The van der Waals surface area contributed by atoms with Crippen molar-refractivity contribution in [3.63, 3.8) is 0 Å². The van der Waals surface area contributed by atoms with Gasteiger partial charge in [0, 0.05) is 51.9 Å². The van der Waals surface area contributed by atoms with E-state index in [1.54, 1.807) is 27.0 Å². The van der Waals surface area contributed by atoms with Crippen LogP contribution in [0.2, 0.25) is 0 Å². The first-order chi connectivity index (χ1) is 16.9. The van der Waals surface area contributed by atoms with Crippen LogP contribution in [0.4, 0.5) is 13.2 Å². The fourth-order valence-electron chi connectivity index (χ4n) is 4.30. The molecule has 0 amide bonds. The SMILES string of the molecule is Cl.Cn1nnc2c(C#N)nc(-c3ccc(OCCN4CCN(CC(C)(C)O)CC4)c(C(F)(F)F)c3)cc21. The van der Waals surface area contributed by atoms with Gasteiger partial charge in [0.2, 0.25) is 0 Å². The molecule has 9 nitrogen and oxygen atoms in total. The first kappa shape index (κ1) is 28.6. The normalized spacial score (nSPS) is 15.4. The molecular weight excluding hydrogens is 511 g/mol. The Labute approximate surface area is 218 Å². The molecule has 1 aromatic carbocycles. The molecule has 2 aromatic heterocycles. The zero-order valence-electron chi connectivity index (χ0n) is 20.8. The Hall–Kier alpha value is -2.98. The van der Waals surface area contributed by atoms with Gasteiger partial charge in [-0.15, -0.1) is 17.5 Å². The highest BCUT2D eigenvalue weighted by Gasteiger charge is 2.35. The number of alkyl halides is 3. The van der Waals surface area contributed by atoms with E-state index in [0.29, 0.717) is 24.1 Å². The van der Waals surface area contributed by atoms with E-state index in [-0.39, 0.29) is 41.7 Å². The number of fused-ring (bicyclic) bond motifs is 1. The third-order valence-corrected chi connectivity index (χ3v) is 6.03. The maximum absolute atomic E-state index is 13.9. The minimum atomic E-state index is -4.63. The number of piperazine rings is 1. The molecule has 0 atom stereocenters. The second kappa shape index (κ2) is 11.2. The fraction of sp³-hybridized carbons (Fsp3) is 0.500. The maximum Gasteiger partial charge on any atom is 0.419 e. The number of hydrogen-bond donors (Lipinski definition) is 1. The van der Waals surface area contributed by atoms with Gasteiger partial charge in [-0.3, -0.25) is 9.80 Å². The molecule has 13 heteroatoms. The van der Waals surface area contributed by atoms with Gasteiger partial charge in [-0.2, -0.15) is 18.4 Å². The van der Waals surface area contributed by atoms with Crippen LogP contribution < -0.4 is 4.74 Å². The van der Waals surface area contributed by atoms with Crippen molar-refractivity contribution in [2.75, 3.05) is 45.9 Å². The zero-order valence-corrected chi connectivity index (χ0v) is 21.6. The van der Waals surface area contributed by atoms with Crippen molar-refractivity contribution in [1.29, 1.82) is 5.26 Å². The lowest BCUT2D eigenvalue weighted by Crippen LogP contribution is -2.51. The van der Waals surface area contributed by atoms with Crippen LogP contribution >= 0.6 is 12.4 Å². The van der Waals surface area contributed by atoms with Crippen molar-refractivity contribution < 1.29 is 23.0 Å². The molecule has 0 radical (unpaired) electrons. The molecule has 1 N–H and O–H groups in total. The Morgan fingerprint density at radius 3 is 2.41 bits per heavy atom. The fourth-order valence-corrected chi connectivity index (χ4v) is 4.30. The standard InChI is InChI=1S/C24H28F3N7O2.ClH/c1-23(2,35)15-34-8-6-33(7-9-34)10-11-36-21-5-4-16(12-17(21)24(25,26)27)18-13-20-22(19(14-28)29-18)30-31-32(20)3;/h4-5,12-13,35H,6-11,15H2,1-3H3;1H. The third-order valence-electron chi connectivity index (χ3n) is 6.03. The Morgan fingerprint density at radius 1 is 1.11 bits per heavy atom. The minimum absolute atomic E-state index is 0. The second-order valence-corrected chi connectivity index (χ2v) is 9.54. The number of halogens is 4. The highest BCUT2D eigenvalue weighted by molar-refractivity contribution is 5.85. The van der Waals surface area contributed by atoms with Gasteiger partial charge in [0.1, 0.15) is 23.9 Å². The number of ether oxygens (including phenoxy) is 1. The van der Waals surface area contributed by atoms with Crippen LogP contribution in [-0.2, 0) is 13.2 Å². The summed E-state index contributed by atoms with van der Waals surface area (Å²) in [5, 5.41) is 27.1. The summed E-state index contributed by atoms with van der Waals surface area (Å²) in [6.07, 6.45) is -4.63. The highest BCUT2D eigenvalue weighted by Crippen LogP contribution is 2.39. The van der Waals surface area contributed by atoms with Crippen molar-refractivity contribution in [1.82, 2.24) is 29.8 Å². The van der Waals surface area contributed by atoms with E-state index in [0.717, 1.165) is 32.2 Å². The molecule has 1 saturated heterocycles. The van der Waals surface area contributed by atoms with Gasteiger partial charge in [0.25, 0.3) is 0 Å². The Morgan fingerprint density at radius 2 is 1.78 bits per heavy atom. The van der Waals surface area contributed by atoms with Crippen LogP contribution in [-0.4, -0.2) is 86.4 Å². The van der Waals surface area contributed by atoms with Crippen LogP contribution in [0, 0.1) is 11.3 Å². The summed E-state index contributed by atoms with van der Waals surface area (Å²) in [6.45, 7) is 7.78. The summed E-state index contributed by atoms with van der Waals surface area (Å²) in [4.78, 5) is 8.50. The number of pyridine rings is 1. The number of β-amino-alcohol motifs (C(OH)–C–C–N with tert-alkyl or cyclic N) is 1. The molecular formula is C24H29ClF3N7O2. The minimum Gasteiger partial charge on any atom is -0.492 e. The number of nitrogens with zero attached hydrogens (tertiary/aromatic N) is 7. The first-order valence-electron chi connectivity index (χ1n) is 11.6. The third kappa shape index (κ3) is 6.87. The lowest BCUT2D eigenvalue weighted by Gasteiger charge is -2.37. The number of aryl methyl sites for hydroxylation is 1. The molecule has 3 aromatic rings. The average molecular weight is 540 g/mol. The van der Waals surface area contributed by atoms with E-state index in [1.165, 1.54) is 16.8 Å². The molecule has 3 heterocycles. The van der Waals surface area contributed by atoms with Gasteiger partial charge < -0.3 is 9.84 Å². The molecule has 1 aliphatic heterocycles. The lowest BCUT2D eigenvalue weighted by molar-refractivity contribution is -0.139. The van der Waals surface area contributed by atoms with Crippen LogP contribution in [0.15, 0.2) is 24.3 Å². The predicted octanol–water partition coefficient (Wildman–Crippen LogP) is 3.11. The Kier molecular flexibility index (Phi) is 8.64. The molecule has 37 heavy (non-hydrogen) atoms. The molecule has 0 spiro atoms. The van der Waals surface area contributed by atoms with E-state index in [1.807, 2.05) is 6.07 Å². The van der Waals surface area contributed by atoms with Gasteiger partial charge in [0.15, 0.2) is 5.69 Å². The summed E-state index contributed by atoms with van der Waals surface area (Å²) >= 11 is 0. The zero-order chi connectivity index (χ0) is 26.1. The van der Waals surface area contributed by atoms with Crippen molar-refractivity contribution in [2.45, 2.75) is 25.6 Å². The maximum atomic E-state index is 13.9. The number of aliphatic hydroxyl groups is 1. The molecule has 0 unspecified atom stereocenters. The predicted molar refractivity (Wildman–Crippen MR) is 133 cm³/mol. The molecule has 1 aliphatic rings. The largest absolute Gasteiger partial charge is 0.492 e. The Bertz CT molecular complexity index is 1280. The van der Waals surface area contributed by atoms with E-state index >= 15 is 0 Å². The molecule has 0 bridgehead atoms. The van der Waals surface area contributed by atoms with Gasteiger partial charge in [-0.05, 0) is 38.1 Å². The van der Waals surface area contributed by atoms with Crippen LogP contribution in [0.1, 0.15) is 25.1 Å². The topological polar surface area (TPSA) is 103 Å². The van der Waals surface area contributed by atoms with Crippen LogP contribution in [0.25, 0.3) is 22.3 Å². The Balaban J connectivity index is 0.00000380. The van der Waals surface area contributed by atoms with Gasteiger partial charge in [-0.25, -0.2) is 9.67 Å². The number of aromatic nitrogens is 4. The van der Waals surface area contributed by atoms with E-state index in [9.17, 15) is 23.5 Å². The molecule has 200 valence electrons. The average Bonchev–Trinajstić information content (AvgIpc) is 3.19. The van der Waals surface area contributed by atoms with Crippen molar-refractivity contribution in [3.05, 3.63) is 35.5 Å². The van der Waals surface area contributed by atoms with Crippen LogP contribution in [0.3, 0.4) is 0 Å². The summed E-state index contributed by atoms with van der Waals surface area (Å²) in [6, 6.07) is 7.27. The monoisotopic (exact) mass is 539 g/mol. The summed E-state index contributed by atoms with van der Waals surface area (Å²) in [7, 11) is 1.63. The van der Waals surface area contributed by atoms with Crippen molar-refractivity contribution in [2.24, 2.45) is 7.05 Å². The quantitative estimate of drug-likeness (QED) is 0.488. The first-order valence-corrected chi connectivity index (χ1v) is 11.6. The van der Waals surface area contributed by atoms with Gasteiger partial charge in [0.05, 0.1) is 22.4 Å². The number of hydrogen-bond acceptors (Lipinski definition) is 8. The summed E-state index contributed by atoms with van der Waals surface area (Å²) in [5.74, 6) is -0.254. The molecule has 4 rings (SSSR count). The second-order valence-electron chi connectivity index (χ2n) is 9.54. The highest BCUT2D eigenvalue weighted by atomic mass is 35.5. The molecule has 0 saturated carbocycles. The smallest absolute Gasteiger partial charge is 0.419 e. The van der Waals surface area contributed by atoms with Crippen LogP contribution in [0.5, 0.6) is 5.75 Å². The number of benzene rings is 1. The van der Waals surface area contributed by atoms with E-state index < -0.39 is 17.3 Å². The lowest BCUT2D eigenvalue weighted by atomic mass is 10.1. The number of nitriles is 1. The summed E-state index contributed by atoms with van der Waals surface area (Å²) in [5.41, 5.74) is -0.473. The van der Waals surface area contributed by atoms with E-state index in [4.69, 9.17) is 4.74 Å². The van der Waals surface area contributed by atoms with Crippen molar-refractivity contribution >= 4 is 23.4 Å². The van der Waals surface area contributed by atoms with E-state index in [2.05, 4.69) is 25.1 Å². The summed E-state index contributed by atoms with van der Waals surface area (Å²) < 4.78 is 48.7. The van der Waals surface area contributed by atoms with Gasteiger partial charge in [-0.1, -0.05) is 5.21 Å². The molecule has 1 fully saturated rings. The number of rotatable bonds is 7. The van der Waals surface area contributed by atoms with Gasteiger partial charge >= 0.3 is 6.18 Å².